The molecule has 1 N–H and O–H groups in total. The summed E-state index contributed by atoms with van der Waals surface area (Å²) >= 11 is 0. The summed E-state index contributed by atoms with van der Waals surface area (Å²) in [5.41, 5.74) is 2.20. The molecule has 0 fully saturated rings. The number of carbonyl (C=O) groups is 1. The van der Waals surface area contributed by atoms with Crippen molar-refractivity contribution in [3.05, 3.63) is 65.2 Å². The Hall–Kier alpha value is -1.98. The molecule has 0 spiro atoms. The van der Waals surface area contributed by atoms with Crippen molar-refractivity contribution in [1.29, 1.82) is 0 Å². The Kier molecular flexibility index (Phi) is 6.60. The summed E-state index contributed by atoms with van der Waals surface area (Å²) in [6.45, 7) is 9.43. The first-order chi connectivity index (χ1) is 12.6. The van der Waals surface area contributed by atoms with Crippen molar-refractivity contribution in [1.82, 2.24) is 4.72 Å². The Bertz CT molecular complexity index is 824. The number of methoxy groups -OCH3 is 1. The summed E-state index contributed by atoms with van der Waals surface area (Å²) in [5, 5.41) is 0. The predicted octanol–water partition coefficient (Wildman–Crippen LogP) is 4.14. The van der Waals surface area contributed by atoms with Gasteiger partial charge in [0.2, 0.25) is 0 Å². The number of ketones is 1. The van der Waals surface area contributed by atoms with Crippen LogP contribution in [0.2, 0.25) is 0 Å². The van der Waals surface area contributed by atoms with Crippen molar-refractivity contribution < 1.29 is 13.7 Å². The second-order valence-electron chi connectivity index (χ2n) is 7.92. The molecular weight excluding hydrogens is 358 g/mol. The maximum absolute atomic E-state index is 12.9. The van der Waals surface area contributed by atoms with Crippen LogP contribution < -0.4 is 9.46 Å². The molecule has 2 aromatic rings. The number of ether oxygens (including phenoxy) is 1. The number of rotatable bonds is 7. The van der Waals surface area contributed by atoms with Gasteiger partial charge in [-0.1, -0.05) is 36.4 Å². The molecule has 2 unspecified atom stereocenters. The van der Waals surface area contributed by atoms with Gasteiger partial charge in [-0.25, -0.2) is 8.93 Å². The van der Waals surface area contributed by atoms with Gasteiger partial charge in [0.25, 0.3) is 0 Å². The van der Waals surface area contributed by atoms with Crippen LogP contribution in [0.15, 0.2) is 48.5 Å². The highest BCUT2D eigenvalue weighted by atomic mass is 32.2. The maximum atomic E-state index is 12.9. The lowest BCUT2D eigenvalue weighted by Gasteiger charge is -2.35. The minimum Gasteiger partial charge on any atom is -0.497 e. The van der Waals surface area contributed by atoms with Gasteiger partial charge >= 0.3 is 0 Å². The smallest absolute Gasteiger partial charge is 0.134 e. The van der Waals surface area contributed by atoms with Gasteiger partial charge in [-0.15, -0.1) is 0 Å². The lowest BCUT2D eigenvalue weighted by Crippen LogP contribution is -2.47. The molecule has 2 aromatic carbocycles. The molecule has 146 valence electrons. The van der Waals surface area contributed by atoms with Crippen LogP contribution in [0.3, 0.4) is 0 Å². The number of hydrogen-bond acceptors (Lipinski definition) is 3. The van der Waals surface area contributed by atoms with E-state index in [0.717, 1.165) is 22.4 Å². The van der Waals surface area contributed by atoms with E-state index in [1.54, 1.807) is 14.0 Å². The second kappa shape index (κ2) is 8.36. The van der Waals surface area contributed by atoms with Gasteiger partial charge in [0.15, 0.2) is 0 Å². The number of nitrogens with one attached hydrogen (secondary N) is 1. The Morgan fingerprint density at radius 3 is 2.19 bits per heavy atom. The molecule has 0 bridgehead atoms. The first-order valence-electron chi connectivity index (χ1n) is 8.99. The largest absolute Gasteiger partial charge is 0.497 e. The van der Waals surface area contributed by atoms with Gasteiger partial charge in [-0.2, -0.15) is 0 Å². The topological polar surface area (TPSA) is 55.4 Å². The molecule has 4 nitrogen and oxygen atoms in total. The zero-order chi connectivity index (χ0) is 20.2. The average molecular weight is 388 g/mol. The fourth-order valence-corrected chi connectivity index (χ4v) is 3.74. The Balaban J connectivity index is 2.54. The zero-order valence-corrected chi connectivity index (χ0v) is 17.8. The van der Waals surface area contributed by atoms with Crippen LogP contribution in [0.4, 0.5) is 0 Å². The van der Waals surface area contributed by atoms with E-state index in [1.165, 1.54) is 0 Å². The van der Waals surface area contributed by atoms with Crippen LogP contribution in [-0.2, 0) is 27.7 Å². The Morgan fingerprint density at radius 1 is 1.04 bits per heavy atom. The van der Waals surface area contributed by atoms with E-state index < -0.39 is 21.3 Å². The fraction of sp³-hybridized carbons (Fsp3) is 0.409. The van der Waals surface area contributed by atoms with Crippen LogP contribution in [0.25, 0.3) is 0 Å². The number of Topliss-reactive ketones (excluding diaryl/α,β-unsaturated/α-hetero) is 1. The molecule has 0 aliphatic rings. The highest BCUT2D eigenvalue weighted by Gasteiger charge is 2.34. The van der Waals surface area contributed by atoms with Gasteiger partial charge in [0, 0.05) is 6.42 Å². The molecule has 0 aromatic heterocycles. The number of carbonyl (C=O) groups excluding carboxylic acids is 1. The maximum Gasteiger partial charge on any atom is 0.134 e. The lowest BCUT2D eigenvalue weighted by molar-refractivity contribution is -0.116. The zero-order valence-electron chi connectivity index (χ0n) is 17.0. The Morgan fingerprint density at radius 2 is 1.67 bits per heavy atom. The van der Waals surface area contributed by atoms with E-state index in [2.05, 4.69) is 4.72 Å². The van der Waals surface area contributed by atoms with Crippen molar-refractivity contribution >= 4 is 16.8 Å². The van der Waals surface area contributed by atoms with Crippen molar-refractivity contribution in [2.24, 2.45) is 0 Å². The molecule has 0 saturated carbocycles. The summed E-state index contributed by atoms with van der Waals surface area (Å²) in [6.07, 6.45) is 0.384. The van der Waals surface area contributed by atoms with Crippen molar-refractivity contribution in [3.8, 4) is 5.75 Å². The van der Waals surface area contributed by atoms with Gasteiger partial charge in [0.05, 0.1) is 28.4 Å². The normalized spacial score (nSPS) is 15.0. The summed E-state index contributed by atoms with van der Waals surface area (Å²) < 4.78 is 21.1. The summed E-state index contributed by atoms with van der Waals surface area (Å²) in [6, 6.07) is 15.6. The second-order valence-corrected chi connectivity index (χ2v) is 9.88. The standard InChI is InChI=1S/C22H29NO3S/c1-16(24)14-17-8-7-9-19(15-17)22(5,23-27(25)21(2,3)4)18-10-12-20(26-6)13-11-18/h7-13,15,23H,14H2,1-6H3. The molecule has 2 rings (SSSR count). The quantitative estimate of drug-likeness (QED) is 0.777. The highest BCUT2D eigenvalue weighted by Crippen LogP contribution is 2.33. The third kappa shape index (κ3) is 5.27. The fourth-order valence-electron chi connectivity index (χ4n) is 2.83. The molecule has 5 heteroatoms. The molecule has 0 saturated heterocycles. The van der Waals surface area contributed by atoms with E-state index in [-0.39, 0.29) is 5.78 Å². The van der Waals surface area contributed by atoms with Crippen LogP contribution >= 0.6 is 0 Å². The predicted molar refractivity (Wildman–Crippen MR) is 111 cm³/mol. The third-order valence-corrected chi connectivity index (χ3v) is 6.18. The van der Waals surface area contributed by atoms with Crippen LogP contribution in [0.1, 0.15) is 51.3 Å². The summed E-state index contributed by atoms with van der Waals surface area (Å²) in [4.78, 5) is 11.5. The first kappa shape index (κ1) is 21.3. The Labute approximate surface area is 164 Å². The van der Waals surface area contributed by atoms with E-state index in [0.29, 0.717) is 6.42 Å². The molecule has 0 radical (unpaired) electrons. The van der Waals surface area contributed by atoms with E-state index in [9.17, 15) is 9.00 Å². The summed E-state index contributed by atoms with van der Waals surface area (Å²) in [5.74, 6) is 0.882. The van der Waals surface area contributed by atoms with Crippen molar-refractivity contribution in [3.63, 3.8) is 0 Å². The van der Waals surface area contributed by atoms with Crippen molar-refractivity contribution in [2.75, 3.05) is 7.11 Å². The van der Waals surface area contributed by atoms with Crippen molar-refractivity contribution in [2.45, 2.75) is 51.3 Å². The minimum absolute atomic E-state index is 0.115. The molecular formula is C22H29NO3S. The minimum atomic E-state index is -1.28. The average Bonchev–Trinajstić information content (AvgIpc) is 2.60. The summed E-state index contributed by atoms with van der Waals surface area (Å²) in [7, 11) is 0.351. The molecule has 2 atom stereocenters. The highest BCUT2D eigenvalue weighted by molar-refractivity contribution is 7.84. The molecule has 27 heavy (non-hydrogen) atoms. The number of hydrogen-bond donors (Lipinski definition) is 1. The number of benzene rings is 2. The molecule has 0 amide bonds. The van der Waals surface area contributed by atoms with Gasteiger partial charge < -0.3 is 4.74 Å². The van der Waals surface area contributed by atoms with E-state index in [4.69, 9.17) is 4.74 Å². The van der Waals surface area contributed by atoms with Crippen LogP contribution in [-0.4, -0.2) is 21.8 Å². The molecule has 0 aliphatic heterocycles. The van der Waals surface area contributed by atoms with Gasteiger partial charge in [0.1, 0.15) is 11.5 Å². The van der Waals surface area contributed by atoms with Gasteiger partial charge in [-0.05, 0) is 63.4 Å². The van der Waals surface area contributed by atoms with E-state index >= 15 is 0 Å². The first-order valence-corrected chi connectivity index (χ1v) is 10.1. The SMILES string of the molecule is COc1ccc(C(C)(NS(=O)C(C)(C)C)c2cccc(CC(C)=O)c2)cc1. The monoisotopic (exact) mass is 387 g/mol. The van der Waals surface area contributed by atoms with Crippen LogP contribution in [0.5, 0.6) is 5.75 Å². The molecule has 0 aliphatic carbocycles. The third-order valence-electron chi connectivity index (χ3n) is 4.48. The van der Waals surface area contributed by atoms with Crippen LogP contribution in [0, 0.1) is 0 Å². The van der Waals surface area contributed by atoms with Gasteiger partial charge in [-0.3, -0.25) is 4.79 Å². The van der Waals surface area contributed by atoms with E-state index in [1.807, 2.05) is 76.2 Å². The molecule has 0 heterocycles. The lowest BCUT2D eigenvalue weighted by atomic mass is 9.84.